The summed E-state index contributed by atoms with van der Waals surface area (Å²) in [6.45, 7) is 4.67. The molecule has 1 heterocycles. The number of aliphatic hydroxyl groups is 1. The van der Waals surface area contributed by atoms with Gasteiger partial charge in [-0.15, -0.1) is 0 Å². The SMILES string of the molecule is COc1ccc(CN2C(=O)C(O)=C(c3ccc(OC)cc3)C2c2ccc(C(C)C)cc2)cc1. The Hall–Kier alpha value is -3.73. The van der Waals surface area contributed by atoms with Crippen molar-refractivity contribution in [1.82, 2.24) is 4.90 Å². The van der Waals surface area contributed by atoms with Crippen LogP contribution in [0.2, 0.25) is 0 Å². The molecule has 3 aromatic rings. The van der Waals surface area contributed by atoms with Crippen LogP contribution < -0.4 is 9.47 Å². The topological polar surface area (TPSA) is 59.0 Å². The van der Waals surface area contributed by atoms with E-state index in [0.29, 0.717) is 18.0 Å². The molecule has 1 amide bonds. The average Bonchev–Trinajstić information content (AvgIpc) is 3.09. The summed E-state index contributed by atoms with van der Waals surface area (Å²) in [6, 6.07) is 22.9. The number of methoxy groups -OCH3 is 2. The number of aliphatic hydroxyl groups excluding tert-OH is 1. The zero-order valence-corrected chi connectivity index (χ0v) is 19.4. The summed E-state index contributed by atoms with van der Waals surface area (Å²) in [6.07, 6.45) is 0. The molecule has 1 atom stereocenters. The third-order valence-corrected chi connectivity index (χ3v) is 6.14. The summed E-state index contributed by atoms with van der Waals surface area (Å²) >= 11 is 0. The van der Waals surface area contributed by atoms with Gasteiger partial charge in [0.2, 0.25) is 0 Å². The lowest BCUT2D eigenvalue weighted by Crippen LogP contribution is -2.29. The molecular weight excluding hydrogens is 414 g/mol. The molecule has 170 valence electrons. The van der Waals surface area contributed by atoms with Gasteiger partial charge in [-0.2, -0.15) is 0 Å². The van der Waals surface area contributed by atoms with Crippen LogP contribution in [0, 0.1) is 0 Å². The van der Waals surface area contributed by atoms with Gasteiger partial charge in [-0.3, -0.25) is 4.79 Å². The largest absolute Gasteiger partial charge is 0.503 e. The zero-order chi connectivity index (χ0) is 23.5. The molecule has 0 saturated heterocycles. The highest BCUT2D eigenvalue weighted by atomic mass is 16.5. The first-order valence-electron chi connectivity index (χ1n) is 11.0. The zero-order valence-electron chi connectivity index (χ0n) is 19.4. The van der Waals surface area contributed by atoms with Crippen molar-refractivity contribution >= 4 is 11.5 Å². The van der Waals surface area contributed by atoms with Crippen molar-refractivity contribution in [2.24, 2.45) is 0 Å². The van der Waals surface area contributed by atoms with Gasteiger partial charge < -0.3 is 19.5 Å². The highest BCUT2D eigenvalue weighted by Crippen LogP contribution is 2.44. The summed E-state index contributed by atoms with van der Waals surface area (Å²) in [5.41, 5.74) is 4.53. The second-order valence-electron chi connectivity index (χ2n) is 8.50. The molecule has 5 nitrogen and oxygen atoms in total. The predicted molar refractivity (Wildman–Crippen MR) is 129 cm³/mol. The first-order valence-corrected chi connectivity index (χ1v) is 11.0. The minimum Gasteiger partial charge on any atom is -0.503 e. The Morgan fingerprint density at radius 3 is 1.91 bits per heavy atom. The first kappa shape index (κ1) is 22.5. The van der Waals surface area contributed by atoms with Gasteiger partial charge in [-0.25, -0.2) is 0 Å². The lowest BCUT2D eigenvalue weighted by atomic mass is 9.91. The van der Waals surface area contributed by atoms with E-state index in [1.165, 1.54) is 5.56 Å². The maximum Gasteiger partial charge on any atom is 0.290 e. The molecular formula is C28H29NO4. The van der Waals surface area contributed by atoms with Crippen LogP contribution in [0.25, 0.3) is 5.57 Å². The smallest absolute Gasteiger partial charge is 0.290 e. The number of benzene rings is 3. The van der Waals surface area contributed by atoms with Crippen molar-refractivity contribution in [3.8, 4) is 11.5 Å². The molecule has 1 aliphatic heterocycles. The molecule has 0 aliphatic carbocycles. The predicted octanol–water partition coefficient (Wildman–Crippen LogP) is 5.88. The fraction of sp³-hybridized carbons (Fsp3) is 0.250. The number of nitrogens with zero attached hydrogens (tertiary/aromatic N) is 1. The van der Waals surface area contributed by atoms with E-state index in [2.05, 4.69) is 38.1 Å². The minimum atomic E-state index is -0.408. The Bertz CT molecular complexity index is 1150. The van der Waals surface area contributed by atoms with E-state index in [9.17, 15) is 9.90 Å². The maximum atomic E-state index is 13.3. The molecule has 1 N–H and O–H groups in total. The van der Waals surface area contributed by atoms with Gasteiger partial charge in [0.25, 0.3) is 5.91 Å². The normalized spacial score (nSPS) is 16.0. The van der Waals surface area contributed by atoms with Crippen LogP contribution >= 0.6 is 0 Å². The van der Waals surface area contributed by atoms with Crippen molar-refractivity contribution in [2.45, 2.75) is 32.4 Å². The van der Waals surface area contributed by atoms with E-state index in [-0.39, 0.29) is 11.7 Å². The van der Waals surface area contributed by atoms with Crippen LogP contribution in [0.1, 0.15) is 48.1 Å². The van der Waals surface area contributed by atoms with Crippen LogP contribution in [-0.2, 0) is 11.3 Å². The number of hydrogen-bond donors (Lipinski definition) is 1. The van der Waals surface area contributed by atoms with E-state index in [1.807, 2.05) is 48.5 Å². The average molecular weight is 444 g/mol. The molecule has 0 bridgehead atoms. The van der Waals surface area contributed by atoms with Gasteiger partial charge in [0, 0.05) is 12.1 Å². The molecule has 0 radical (unpaired) electrons. The lowest BCUT2D eigenvalue weighted by Gasteiger charge is -2.28. The number of ether oxygens (including phenoxy) is 2. The first-order chi connectivity index (χ1) is 15.9. The molecule has 0 spiro atoms. The second-order valence-corrected chi connectivity index (χ2v) is 8.50. The minimum absolute atomic E-state index is 0.216. The number of rotatable bonds is 7. The standard InChI is InChI=1S/C28H29NO4/c1-18(2)20-7-9-22(10-8-20)26-25(21-11-15-24(33-4)16-12-21)27(30)28(31)29(26)17-19-5-13-23(32-3)14-6-19/h5-16,18,26,30H,17H2,1-4H3. The Morgan fingerprint density at radius 1 is 0.848 bits per heavy atom. The van der Waals surface area contributed by atoms with Gasteiger partial charge in [-0.05, 0) is 52.4 Å². The Labute approximate surface area is 194 Å². The van der Waals surface area contributed by atoms with Gasteiger partial charge in [-0.1, -0.05) is 62.4 Å². The number of amides is 1. The van der Waals surface area contributed by atoms with Crippen LogP contribution in [0.5, 0.6) is 11.5 Å². The third kappa shape index (κ3) is 4.44. The van der Waals surface area contributed by atoms with Crippen molar-refractivity contribution in [2.75, 3.05) is 14.2 Å². The summed E-state index contributed by atoms with van der Waals surface area (Å²) in [7, 11) is 3.24. The van der Waals surface area contributed by atoms with E-state index in [1.54, 1.807) is 19.1 Å². The quantitative estimate of drug-likeness (QED) is 0.495. The lowest BCUT2D eigenvalue weighted by molar-refractivity contribution is -0.130. The molecule has 1 aliphatic rings. The van der Waals surface area contributed by atoms with Gasteiger partial charge in [0.05, 0.1) is 20.3 Å². The van der Waals surface area contributed by atoms with E-state index < -0.39 is 6.04 Å². The van der Waals surface area contributed by atoms with E-state index in [0.717, 1.165) is 28.2 Å². The van der Waals surface area contributed by atoms with Crippen molar-refractivity contribution in [1.29, 1.82) is 0 Å². The second kappa shape index (κ2) is 9.41. The molecule has 3 aromatic carbocycles. The van der Waals surface area contributed by atoms with Crippen molar-refractivity contribution in [3.63, 3.8) is 0 Å². The van der Waals surface area contributed by atoms with Gasteiger partial charge in [0.1, 0.15) is 11.5 Å². The van der Waals surface area contributed by atoms with Crippen LogP contribution in [0.4, 0.5) is 0 Å². The molecule has 0 saturated carbocycles. The molecule has 5 heteroatoms. The molecule has 33 heavy (non-hydrogen) atoms. The number of carbonyl (C=O) groups excluding carboxylic acids is 1. The van der Waals surface area contributed by atoms with Gasteiger partial charge in [0.15, 0.2) is 5.76 Å². The molecule has 0 aromatic heterocycles. The highest BCUT2D eigenvalue weighted by Gasteiger charge is 2.41. The molecule has 0 fully saturated rings. The Kier molecular flexibility index (Phi) is 6.40. The Morgan fingerprint density at radius 2 is 1.39 bits per heavy atom. The van der Waals surface area contributed by atoms with Gasteiger partial charge >= 0.3 is 0 Å². The summed E-state index contributed by atoms with van der Waals surface area (Å²) in [5.74, 6) is 1.29. The summed E-state index contributed by atoms with van der Waals surface area (Å²) in [5, 5.41) is 11.0. The summed E-state index contributed by atoms with van der Waals surface area (Å²) < 4.78 is 10.5. The van der Waals surface area contributed by atoms with Crippen LogP contribution in [0.15, 0.2) is 78.6 Å². The van der Waals surface area contributed by atoms with E-state index in [4.69, 9.17) is 9.47 Å². The van der Waals surface area contributed by atoms with Crippen molar-refractivity contribution in [3.05, 3.63) is 101 Å². The number of carbonyl (C=O) groups is 1. The van der Waals surface area contributed by atoms with Crippen molar-refractivity contribution < 1.29 is 19.4 Å². The monoisotopic (exact) mass is 443 g/mol. The maximum absolute atomic E-state index is 13.3. The molecule has 4 rings (SSSR count). The molecule has 1 unspecified atom stereocenters. The fourth-order valence-corrected chi connectivity index (χ4v) is 4.22. The van der Waals surface area contributed by atoms with Crippen LogP contribution in [0.3, 0.4) is 0 Å². The number of hydrogen-bond acceptors (Lipinski definition) is 4. The Balaban J connectivity index is 1.76. The highest BCUT2D eigenvalue weighted by molar-refractivity contribution is 6.05. The third-order valence-electron chi connectivity index (χ3n) is 6.14. The van der Waals surface area contributed by atoms with E-state index >= 15 is 0 Å². The fourth-order valence-electron chi connectivity index (χ4n) is 4.22. The summed E-state index contributed by atoms with van der Waals surface area (Å²) in [4.78, 5) is 15.0. The van der Waals surface area contributed by atoms with Crippen LogP contribution in [-0.4, -0.2) is 30.1 Å².